The number of nitrogens with zero attached hydrogens (tertiary/aromatic N) is 1. The van der Waals surface area contributed by atoms with Crippen molar-refractivity contribution in [1.82, 2.24) is 4.90 Å². The summed E-state index contributed by atoms with van der Waals surface area (Å²) < 4.78 is 0. The van der Waals surface area contributed by atoms with Gasteiger partial charge in [-0.05, 0) is 36.2 Å². The lowest BCUT2D eigenvalue weighted by Crippen LogP contribution is -2.38. The summed E-state index contributed by atoms with van der Waals surface area (Å²) in [7, 11) is 1.59. The number of nitrogens with one attached hydrogen (secondary N) is 2. The molecule has 25 heavy (non-hydrogen) atoms. The van der Waals surface area contributed by atoms with Gasteiger partial charge in [-0.25, -0.2) is 0 Å². The van der Waals surface area contributed by atoms with Gasteiger partial charge in [0.25, 0.3) is 0 Å². The van der Waals surface area contributed by atoms with E-state index in [0.717, 1.165) is 12.1 Å². The first-order valence-corrected chi connectivity index (χ1v) is 8.48. The van der Waals surface area contributed by atoms with Crippen molar-refractivity contribution in [2.45, 2.75) is 13.3 Å². The first kappa shape index (κ1) is 18.8. The van der Waals surface area contributed by atoms with E-state index < -0.39 is 0 Å². The Hall–Kier alpha value is -2.53. The molecule has 0 aromatic heterocycles. The highest BCUT2D eigenvalue weighted by molar-refractivity contribution is 6.33. The van der Waals surface area contributed by atoms with Crippen LogP contribution in [-0.2, 0) is 16.0 Å². The van der Waals surface area contributed by atoms with Gasteiger partial charge in [0.1, 0.15) is 0 Å². The number of amides is 2. The van der Waals surface area contributed by atoms with Crippen LogP contribution in [0.5, 0.6) is 0 Å². The van der Waals surface area contributed by atoms with Gasteiger partial charge in [0.2, 0.25) is 11.8 Å². The molecule has 2 aromatic rings. The summed E-state index contributed by atoms with van der Waals surface area (Å²) in [4.78, 5) is 25.6. The second kappa shape index (κ2) is 9.08. The summed E-state index contributed by atoms with van der Waals surface area (Å²) in [5.74, 6) is -0.467. The molecule has 0 heterocycles. The van der Waals surface area contributed by atoms with Crippen LogP contribution in [-0.4, -0.2) is 36.9 Å². The minimum atomic E-state index is -0.295. The second-order valence-corrected chi connectivity index (χ2v) is 6.09. The second-order valence-electron chi connectivity index (χ2n) is 5.68. The third-order valence-corrected chi connectivity index (χ3v) is 4.09. The molecular formula is C19H22ClN3O2. The van der Waals surface area contributed by atoms with Crippen LogP contribution in [0.25, 0.3) is 0 Å². The van der Waals surface area contributed by atoms with Crippen molar-refractivity contribution < 1.29 is 9.59 Å². The zero-order valence-corrected chi connectivity index (χ0v) is 15.1. The Morgan fingerprint density at radius 2 is 1.76 bits per heavy atom. The third kappa shape index (κ3) is 5.80. The van der Waals surface area contributed by atoms with E-state index >= 15 is 0 Å². The lowest BCUT2D eigenvalue weighted by Gasteiger charge is -2.18. The van der Waals surface area contributed by atoms with E-state index in [0.29, 0.717) is 10.7 Å². The lowest BCUT2D eigenvalue weighted by atomic mass is 10.1. The van der Waals surface area contributed by atoms with E-state index in [4.69, 9.17) is 11.6 Å². The minimum Gasteiger partial charge on any atom is -0.376 e. The molecule has 0 aliphatic rings. The van der Waals surface area contributed by atoms with E-state index in [-0.39, 0.29) is 24.9 Å². The smallest absolute Gasteiger partial charge is 0.244 e. The number of halogens is 1. The summed E-state index contributed by atoms with van der Waals surface area (Å²) in [6, 6.07) is 14.9. The van der Waals surface area contributed by atoms with Crippen molar-refractivity contribution in [1.29, 1.82) is 0 Å². The monoisotopic (exact) mass is 359 g/mol. The molecule has 2 rings (SSSR count). The molecule has 0 atom stereocenters. The van der Waals surface area contributed by atoms with Gasteiger partial charge in [-0.1, -0.05) is 42.8 Å². The number of carbonyl (C=O) groups excluding carboxylic acids is 2. The van der Waals surface area contributed by atoms with Crippen LogP contribution in [0.1, 0.15) is 12.5 Å². The molecule has 0 fully saturated rings. The van der Waals surface area contributed by atoms with E-state index in [2.05, 4.69) is 17.6 Å². The average Bonchev–Trinajstić information content (AvgIpc) is 2.62. The Bertz CT molecular complexity index is 732. The maximum Gasteiger partial charge on any atom is 0.244 e. The summed E-state index contributed by atoms with van der Waals surface area (Å²) in [5.41, 5.74) is 2.65. The Balaban J connectivity index is 1.80. The van der Waals surface area contributed by atoms with Crippen molar-refractivity contribution in [3.63, 3.8) is 0 Å². The molecule has 6 heteroatoms. The zero-order chi connectivity index (χ0) is 18.2. The number of benzene rings is 2. The summed E-state index contributed by atoms with van der Waals surface area (Å²) in [6.07, 6.45) is 0.975. The number of carbonyl (C=O) groups is 2. The highest BCUT2D eigenvalue weighted by Crippen LogP contribution is 2.20. The predicted molar refractivity (Wildman–Crippen MR) is 102 cm³/mol. The summed E-state index contributed by atoms with van der Waals surface area (Å²) in [6.45, 7) is 2.18. The molecule has 0 bridgehead atoms. The van der Waals surface area contributed by atoms with Crippen LogP contribution in [0.3, 0.4) is 0 Å². The van der Waals surface area contributed by atoms with Crippen LogP contribution >= 0.6 is 11.6 Å². The van der Waals surface area contributed by atoms with Gasteiger partial charge in [-0.15, -0.1) is 0 Å². The number of anilines is 2. The molecule has 2 amide bonds. The van der Waals surface area contributed by atoms with E-state index in [1.807, 2.05) is 24.3 Å². The standard InChI is InChI=1S/C19H22ClN3O2/c1-3-14-8-10-15(11-9-14)21-12-19(25)23(2)13-18(24)22-17-7-5-4-6-16(17)20/h4-11,21H,3,12-13H2,1-2H3,(H,22,24). The Morgan fingerprint density at radius 3 is 2.40 bits per heavy atom. The SMILES string of the molecule is CCc1ccc(NCC(=O)N(C)CC(=O)Nc2ccccc2Cl)cc1. The average molecular weight is 360 g/mol. The summed E-state index contributed by atoms with van der Waals surface area (Å²) >= 11 is 6.00. The van der Waals surface area contributed by atoms with Crippen molar-refractivity contribution in [3.05, 3.63) is 59.1 Å². The number of hydrogen-bond acceptors (Lipinski definition) is 3. The fourth-order valence-corrected chi connectivity index (χ4v) is 2.41. The highest BCUT2D eigenvalue weighted by Gasteiger charge is 2.13. The van der Waals surface area contributed by atoms with Crippen molar-refractivity contribution in [3.8, 4) is 0 Å². The normalized spacial score (nSPS) is 10.2. The third-order valence-electron chi connectivity index (χ3n) is 3.76. The van der Waals surface area contributed by atoms with Crippen LogP contribution in [0.4, 0.5) is 11.4 Å². The number of para-hydroxylation sites is 1. The predicted octanol–water partition coefficient (Wildman–Crippen LogP) is 3.41. The number of hydrogen-bond donors (Lipinski definition) is 2. The van der Waals surface area contributed by atoms with Crippen LogP contribution in [0.2, 0.25) is 5.02 Å². The molecule has 0 saturated heterocycles. The molecule has 0 saturated carbocycles. The topological polar surface area (TPSA) is 61.4 Å². The van der Waals surface area contributed by atoms with Gasteiger partial charge in [0.05, 0.1) is 23.8 Å². The maximum atomic E-state index is 12.2. The quantitative estimate of drug-likeness (QED) is 0.796. The van der Waals surface area contributed by atoms with Gasteiger partial charge in [0.15, 0.2) is 0 Å². The van der Waals surface area contributed by atoms with E-state index in [1.54, 1.807) is 31.3 Å². The van der Waals surface area contributed by atoms with Gasteiger partial charge < -0.3 is 15.5 Å². The summed E-state index contributed by atoms with van der Waals surface area (Å²) in [5, 5.41) is 6.22. The first-order chi connectivity index (χ1) is 12.0. The molecule has 5 nitrogen and oxygen atoms in total. The van der Waals surface area contributed by atoms with Crippen LogP contribution in [0, 0.1) is 0 Å². The Kier molecular flexibility index (Phi) is 6.83. The van der Waals surface area contributed by atoms with Gasteiger partial charge in [-0.2, -0.15) is 0 Å². The number of likely N-dealkylation sites (N-methyl/N-ethyl adjacent to an activating group) is 1. The van der Waals surface area contributed by atoms with Gasteiger partial charge >= 0.3 is 0 Å². The Labute approximate surface area is 153 Å². The van der Waals surface area contributed by atoms with Crippen LogP contribution in [0.15, 0.2) is 48.5 Å². The van der Waals surface area contributed by atoms with Crippen molar-refractivity contribution in [2.75, 3.05) is 30.8 Å². The lowest BCUT2D eigenvalue weighted by molar-refractivity contribution is -0.131. The minimum absolute atomic E-state index is 0.0412. The molecule has 0 aliphatic carbocycles. The van der Waals surface area contributed by atoms with Crippen LogP contribution < -0.4 is 10.6 Å². The molecule has 2 N–H and O–H groups in total. The molecule has 132 valence electrons. The highest BCUT2D eigenvalue weighted by atomic mass is 35.5. The van der Waals surface area contributed by atoms with E-state index in [1.165, 1.54) is 10.5 Å². The van der Waals surface area contributed by atoms with E-state index in [9.17, 15) is 9.59 Å². The number of rotatable bonds is 7. The van der Waals surface area contributed by atoms with Crippen molar-refractivity contribution in [2.24, 2.45) is 0 Å². The molecule has 0 spiro atoms. The first-order valence-electron chi connectivity index (χ1n) is 8.10. The zero-order valence-electron chi connectivity index (χ0n) is 14.4. The molecule has 2 aromatic carbocycles. The fourth-order valence-electron chi connectivity index (χ4n) is 2.23. The Morgan fingerprint density at radius 1 is 1.08 bits per heavy atom. The number of aryl methyl sites for hydroxylation is 1. The maximum absolute atomic E-state index is 12.2. The molecule has 0 aliphatic heterocycles. The molecule has 0 unspecified atom stereocenters. The largest absolute Gasteiger partial charge is 0.376 e. The van der Waals surface area contributed by atoms with Gasteiger partial charge in [-0.3, -0.25) is 9.59 Å². The molecular weight excluding hydrogens is 338 g/mol. The van der Waals surface area contributed by atoms with Crippen molar-refractivity contribution >= 4 is 34.8 Å². The molecule has 0 radical (unpaired) electrons. The van der Waals surface area contributed by atoms with Gasteiger partial charge in [0, 0.05) is 12.7 Å². The fraction of sp³-hybridized carbons (Fsp3) is 0.263.